The van der Waals surface area contributed by atoms with Crippen molar-refractivity contribution in [2.75, 3.05) is 0 Å². The van der Waals surface area contributed by atoms with E-state index in [0.29, 0.717) is 6.54 Å². The molecule has 0 aliphatic carbocycles. The third-order valence-electron chi connectivity index (χ3n) is 3.03. The first-order chi connectivity index (χ1) is 8.36. The van der Waals surface area contributed by atoms with Crippen LogP contribution >= 0.6 is 0 Å². The summed E-state index contributed by atoms with van der Waals surface area (Å²) in [5, 5.41) is 1.24. The Morgan fingerprint density at radius 3 is 2.41 bits per heavy atom. The van der Waals surface area contributed by atoms with Gasteiger partial charge in [-0.25, -0.2) is 0 Å². The van der Waals surface area contributed by atoms with Crippen molar-refractivity contribution in [2.24, 2.45) is 5.73 Å². The molecular formula is C15H14N2. The minimum absolute atomic E-state index is 0.590. The first-order valence-electron chi connectivity index (χ1n) is 5.74. The number of para-hydroxylation sites is 1. The van der Waals surface area contributed by atoms with Gasteiger partial charge in [-0.1, -0.05) is 42.5 Å². The van der Waals surface area contributed by atoms with E-state index in [2.05, 4.69) is 53.5 Å². The molecule has 0 radical (unpaired) electrons. The molecule has 0 amide bonds. The molecule has 3 N–H and O–H groups in total. The van der Waals surface area contributed by atoms with Crippen molar-refractivity contribution in [1.29, 1.82) is 0 Å². The van der Waals surface area contributed by atoms with Crippen LogP contribution in [-0.2, 0) is 6.54 Å². The standard InChI is InChI=1S/C15H14N2/c16-10-11-5-7-12(8-6-11)15-9-13-3-1-2-4-14(13)17-15/h1-9,17H,10,16H2. The molecule has 0 atom stereocenters. The predicted molar refractivity (Wildman–Crippen MR) is 71.6 cm³/mol. The maximum absolute atomic E-state index is 5.59. The lowest BCUT2D eigenvalue weighted by atomic mass is 10.1. The van der Waals surface area contributed by atoms with E-state index in [0.717, 1.165) is 11.3 Å². The SMILES string of the molecule is NCc1ccc(-c2cc3ccccc3[nH]2)cc1. The van der Waals surface area contributed by atoms with Crippen molar-refractivity contribution >= 4 is 10.9 Å². The van der Waals surface area contributed by atoms with E-state index in [1.807, 2.05) is 6.07 Å². The van der Waals surface area contributed by atoms with Gasteiger partial charge in [0.15, 0.2) is 0 Å². The highest BCUT2D eigenvalue weighted by molar-refractivity contribution is 5.85. The fraction of sp³-hybridized carbons (Fsp3) is 0.0667. The molecule has 0 unspecified atom stereocenters. The van der Waals surface area contributed by atoms with Crippen LogP contribution in [0.2, 0.25) is 0 Å². The summed E-state index contributed by atoms with van der Waals surface area (Å²) >= 11 is 0. The molecule has 17 heavy (non-hydrogen) atoms. The fourth-order valence-corrected chi connectivity index (χ4v) is 2.05. The number of nitrogens with one attached hydrogen (secondary N) is 1. The molecule has 0 fully saturated rings. The first kappa shape index (κ1) is 10.1. The quantitative estimate of drug-likeness (QED) is 0.686. The second kappa shape index (κ2) is 4.07. The van der Waals surface area contributed by atoms with Crippen molar-refractivity contribution in [3.8, 4) is 11.3 Å². The highest BCUT2D eigenvalue weighted by Gasteiger charge is 2.02. The number of H-pyrrole nitrogens is 1. The number of nitrogens with two attached hydrogens (primary N) is 1. The molecule has 3 aromatic rings. The second-order valence-corrected chi connectivity index (χ2v) is 4.17. The molecule has 2 aromatic carbocycles. The summed E-state index contributed by atoms with van der Waals surface area (Å²) in [5.74, 6) is 0. The van der Waals surface area contributed by atoms with E-state index in [1.54, 1.807) is 0 Å². The van der Waals surface area contributed by atoms with Crippen LogP contribution in [-0.4, -0.2) is 4.98 Å². The topological polar surface area (TPSA) is 41.8 Å². The Morgan fingerprint density at radius 2 is 1.71 bits per heavy atom. The zero-order valence-electron chi connectivity index (χ0n) is 9.48. The average Bonchev–Trinajstić information content (AvgIpc) is 2.82. The molecule has 0 bridgehead atoms. The van der Waals surface area contributed by atoms with Gasteiger partial charge in [-0.05, 0) is 23.3 Å². The molecule has 0 spiro atoms. The molecule has 2 heteroatoms. The summed E-state index contributed by atoms with van der Waals surface area (Å²) in [6.45, 7) is 0.590. The van der Waals surface area contributed by atoms with Crippen LogP contribution in [0.1, 0.15) is 5.56 Å². The van der Waals surface area contributed by atoms with Gasteiger partial charge in [-0.15, -0.1) is 0 Å². The zero-order chi connectivity index (χ0) is 11.7. The van der Waals surface area contributed by atoms with E-state index in [-0.39, 0.29) is 0 Å². The number of fused-ring (bicyclic) bond motifs is 1. The van der Waals surface area contributed by atoms with Gasteiger partial charge in [0.25, 0.3) is 0 Å². The minimum atomic E-state index is 0.590. The van der Waals surface area contributed by atoms with Crippen LogP contribution in [0.4, 0.5) is 0 Å². The Bertz CT molecular complexity index is 602. The van der Waals surface area contributed by atoms with Crippen molar-refractivity contribution in [1.82, 2.24) is 4.98 Å². The number of rotatable bonds is 2. The van der Waals surface area contributed by atoms with Gasteiger partial charge in [0.05, 0.1) is 0 Å². The van der Waals surface area contributed by atoms with Crippen molar-refractivity contribution in [3.63, 3.8) is 0 Å². The Balaban J connectivity index is 2.07. The van der Waals surface area contributed by atoms with Gasteiger partial charge in [0.1, 0.15) is 0 Å². The minimum Gasteiger partial charge on any atom is -0.355 e. The van der Waals surface area contributed by atoms with Gasteiger partial charge >= 0.3 is 0 Å². The molecule has 1 aromatic heterocycles. The summed E-state index contributed by atoms with van der Waals surface area (Å²) in [5.41, 5.74) is 10.3. The van der Waals surface area contributed by atoms with E-state index < -0.39 is 0 Å². The van der Waals surface area contributed by atoms with Crippen LogP contribution in [0, 0.1) is 0 Å². The highest BCUT2D eigenvalue weighted by Crippen LogP contribution is 2.24. The summed E-state index contributed by atoms with van der Waals surface area (Å²) in [6.07, 6.45) is 0. The smallest absolute Gasteiger partial charge is 0.0464 e. The van der Waals surface area contributed by atoms with Crippen LogP contribution in [0.25, 0.3) is 22.2 Å². The van der Waals surface area contributed by atoms with Gasteiger partial charge in [0.2, 0.25) is 0 Å². The Hall–Kier alpha value is -2.06. The summed E-state index contributed by atoms with van der Waals surface area (Å²) in [4.78, 5) is 3.42. The molecule has 84 valence electrons. The van der Waals surface area contributed by atoms with E-state index in [1.165, 1.54) is 16.5 Å². The molecule has 3 rings (SSSR count). The number of hydrogen-bond donors (Lipinski definition) is 2. The molecule has 1 heterocycles. The lowest BCUT2D eigenvalue weighted by molar-refractivity contribution is 1.07. The molecular weight excluding hydrogens is 208 g/mol. The Kier molecular flexibility index (Phi) is 2.42. The highest BCUT2D eigenvalue weighted by atomic mass is 14.7. The molecule has 2 nitrogen and oxygen atoms in total. The Labute approximate surface area is 100 Å². The maximum atomic E-state index is 5.59. The van der Waals surface area contributed by atoms with Crippen LogP contribution < -0.4 is 5.73 Å². The second-order valence-electron chi connectivity index (χ2n) is 4.17. The number of aromatic nitrogens is 1. The summed E-state index contributed by atoms with van der Waals surface area (Å²) in [7, 11) is 0. The maximum Gasteiger partial charge on any atom is 0.0464 e. The summed E-state index contributed by atoms with van der Waals surface area (Å²) < 4.78 is 0. The van der Waals surface area contributed by atoms with Crippen molar-refractivity contribution in [3.05, 3.63) is 60.2 Å². The zero-order valence-corrected chi connectivity index (χ0v) is 9.48. The third-order valence-corrected chi connectivity index (χ3v) is 3.03. The van der Waals surface area contributed by atoms with Crippen molar-refractivity contribution < 1.29 is 0 Å². The van der Waals surface area contributed by atoms with Gasteiger partial charge < -0.3 is 10.7 Å². The molecule has 0 aliphatic rings. The van der Waals surface area contributed by atoms with Gasteiger partial charge in [0, 0.05) is 23.1 Å². The monoisotopic (exact) mass is 222 g/mol. The van der Waals surface area contributed by atoms with E-state index in [4.69, 9.17) is 5.73 Å². The van der Waals surface area contributed by atoms with Gasteiger partial charge in [-0.3, -0.25) is 0 Å². The lowest BCUT2D eigenvalue weighted by Crippen LogP contribution is -1.95. The normalized spacial score (nSPS) is 10.9. The predicted octanol–water partition coefficient (Wildman–Crippen LogP) is 3.29. The van der Waals surface area contributed by atoms with Gasteiger partial charge in [-0.2, -0.15) is 0 Å². The number of aromatic amines is 1. The number of benzene rings is 2. The molecule has 0 saturated heterocycles. The van der Waals surface area contributed by atoms with E-state index >= 15 is 0 Å². The van der Waals surface area contributed by atoms with Crippen LogP contribution in [0.15, 0.2) is 54.6 Å². The largest absolute Gasteiger partial charge is 0.355 e. The van der Waals surface area contributed by atoms with Crippen LogP contribution in [0.5, 0.6) is 0 Å². The third kappa shape index (κ3) is 1.83. The first-order valence-corrected chi connectivity index (χ1v) is 5.74. The average molecular weight is 222 g/mol. The van der Waals surface area contributed by atoms with Crippen LogP contribution in [0.3, 0.4) is 0 Å². The lowest BCUT2D eigenvalue weighted by Gasteiger charge is -1.99. The van der Waals surface area contributed by atoms with E-state index in [9.17, 15) is 0 Å². The van der Waals surface area contributed by atoms with Crippen molar-refractivity contribution in [2.45, 2.75) is 6.54 Å². The number of hydrogen-bond acceptors (Lipinski definition) is 1. The summed E-state index contributed by atoms with van der Waals surface area (Å²) in [6, 6.07) is 18.8. The fourth-order valence-electron chi connectivity index (χ4n) is 2.05. The Morgan fingerprint density at radius 1 is 0.941 bits per heavy atom. The molecule has 0 aliphatic heterocycles. The molecule has 0 saturated carbocycles.